The van der Waals surface area contributed by atoms with Crippen molar-refractivity contribution >= 4 is 10.0 Å². The SMILES string of the molecule is CC1CCCN(CCc2ccc(S(N)(=O)=O)cc2)C1CO. The molecule has 1 saturated heterocycles. The predicted octanol–water partition coefficient (Wildman–Crippen LogP) is 0.969. The highest BCUT2D eigenvalue weighted by atomic mass is 32.2. The second kappa shape index (κ2) is 6.87. The zero-order valence-electron chi connectivity index (χ0n) is 12.4. The second-order valence-electron chi connectivity index (χ2n) is 5.84. The first-order valence-electron chi connectivity index (χ1n) is 7.38. The molecule has 1 aromatic carbocycles. The molecule has 5 nitrogen and oxygen atoms in total. The smallest absolute Gasteiger partial charge is 0.238 e. The molecule has 6 heteroatoms. The summed E-state index contributed by atoms with van der Waals surface area (Å²) in [4.78, 5) is 2.48. The van der Waals surface area contributed by atoms with E-state index >= 15 is 0 Å². The van der Waals surface area contributed by atoms with Crippen LogP contribution in [0.1, 0.15) is 25.3 Å². The van der Waals surface area contributed by atoms with Crippen LogP contribution in [0.15, 0.2) is 29.2 Å². The van der Waals surface area contributed by atoms with Gasteiger partial charge in [-0.2, -0.15) is 0 Å². The molecule has 3 N–H and O–H groups in total. The van der Waals surface area contributed by atoms with Gasteiger partial charge in [-0.15, -0.1) is 0 Å². The number of rotatable bonds is 5. The average molecular weight is 312 g/mol. The van der Waals surface area contributed by atoms with Gasteiger partial charge in [-0.25, -0.2) is 13.6 Å². The summed E-state index contributed by atoms with van der Waals surface area (Å²) in [7, 11) is -3.62. The van der Waals surface area contributed by atoms with Crippen LogP contribution in [0.4, 0.5) is 0 Å². The molecule has 0 aliphatic carbocycles. The number of benzene rings is 1. The van der Waals surface area contributed by atoms with E-state index in [1.165, 1.54) is 12.8 Å². The molecule has 0 aromatic heterocycles. The molecule has 1 fully saturated rings. The van der Waals surface area contributed by atoms with Crippen LogP contribution in [-0.4, -0.2) is 44.2 Å². The minimum absolute atomic E-state index is 0.145. The van der Waals surface area contributed by atoms with Crippen LogP contribution < -0.4 is 5.14 Å². The maximum atomic E-state index is 11.2. The number of aliphatic hydroxyl groups excluding tert-OH is 1. The van der Waals surface area contributed by atoms with Crippen molar-refractivity contribution in [1.82, 2.24) is 4.90 Å². The van der Waals surface area contributed by atoms with Crippen molar-refractivity contribution in [3.05, 3.63) is 29.8 Å². The molecule has 21 heavy (non-hydrogen) atoms. The monoisotopic (exact) mass is 312 g/mol. The fraction of sp³-hybridized carbons (Fsp3) is 0.600. The molecule has 2 atom stereocenters. The minimum atomic E-state index is -3.62. The predicted molar refractivity (Wildman–Crippen MR) is 82.4 cm³/mol. The molecule has 0 saturated carbocycles. The first-order chi connectivity index (χ1) is 9.91. The number of sulfonamides is 1. The Kier molecular flexibility index (Phi) is 5.37. The molecule has 0 bridgehead atoms. The molecule has 2 unspecified atom stereocenters. The molecular formula is C15H24N2O3S. The fourth-order valence-corrected chi connectivity index (χ4v) is 3.54. The van der Waals surface area contributed by atoms with E-state index in [-0.39, 0.29) is 17.5 Å². The van der Waals surface area contributed by atoms with Crippen LogP contribution in [0.5, 0.6) is 0 Å². The Morgan fingerprint density at radius 2 is 2.00 bits per heavy atom. The first kappa shape index (κ1) is 16.4. The van der Waals surface area contributed by atoms with Crippen LogP contribution in [0.3, 0.4) is 0 Å². The lowest BCUT2D eigenvalue weighted by Crippen LogP contribution is -2.47. The van der Waals surface area contributed by atoms with Gasteiger partial charge in [0.2, 0.25) is 10.0 Å². The van der Waals surface area contributed by atoms with Crippen molar-refractivity contribution in [2.24, 2.45) is 11.1 Å². The van der Waals surface area contributed by atoms with Crippen LogP contribution in [0.2, 0.25) is 0 Å². The Hall–Kier alpha value is -0.950. The third-order valence-electron chi connectivity index (χ3n) is 4.36. The van der Waals surface area contributed by atoms with Crippen molar-refractivity contribution in [3.8, 4) is 0 Å². The number of nitrogens with two attached hydrogens (primary N) is 1. The second-order valence-corrected chi connectivity index (χ2v) is 7.41. The van der Waals surface area contributed by atoms with Crippen molar-refractivity contribution in [1.29, 1.82) is 0 Å². The highest BCUT2D eigenvalue weighted by Gasteiger charge is 2.27. The number of likely N-dealkylation sites (tertiary alicyclic amines) is 1. The summed E-state index contributed by atoms with van der Waals surface area (Å²) in [5.74, 6) is 0.522. The average Bonchev–Trinajstić information content (AvgIpc) is 2.44. The molecule has 118 valence electrons. The van der Waals surface area contributed by atoms with Crippen LogP contribution >= 0.6 is 0 Å². The standard InChI is InChI=1S/C15H24N2O3S/c1-12-3-2-9-17(15(12)11-18)10-8-13-4-6-14(7-5-13)21(16,19)20/h4-7,12,15,18H,2-3,8-11H2,1H3,(H2,16,19,20). The number of primary sulfonamides is 1. The van der Waals surface area contributed by atoms with Gasteiger partial charge >= 0.3 is 0 Å². The topological polar surface area (TPSA) is 83.6 Å². The summed E-state index contributed by atoms with van der Waals surface area (Å²) in [5.41, 5.74) is 1.08. The van der Waals surface area contributed by atoms with Gasteiger partial charge < -0.3 is 5.11 Å². The van der Waals surface area contributed by atoms with Gasteiger partial charge in [-0.3, -0.25) is 4.90 Å². The van der Waals surface area contributed by atoms with Gasteiger partial charge in [-0.1, -0.05) is 19.1 Å². The highest BCUT2D eigenvalue weighted by molar-refractivity contribution is 7.89. The van der Waals surface area contributed by atoms with Gasteiger partial charge in [0.05, 0.1) is 11.5 Å². The lowest BCUT2D eigenvalue weighted by molar-refractivity contribution is 0.0539. The van der Waals surface area contributed by atoms with Crippen LogP contribution in [0.25, 0.3) is 0 Å². The van der Waals surface area contributed by atoms with Gasteiger partial charge in [0.1, 0.15) is 0 Å². The van der Waals surface area contributed by atoms with E-state index in [4.69, 9.17) is 5.14 Å². The Morgan fingerprint density at radius 3 is 2.57 bits per heavy atom. The molecular weight excluding hydrogens is 288 g/mol. The Morgan fingerprint density at radius 1 is 1.33 bits per heavy atom. The molecule has 0 radical (unpaired) electrons. The first-order valence-corrected chi connectivity index (χ1v) is 8.93. The van der Waals surface area contributed by atoms with Gasteiger partial charge in [0.15, 0.2) is 0 Å². The summed E-state index contributed by atoms with van der Waals surface area (Å²) in [6.45, 7) is 4.29. The molecule has 1 aliphatic heterocycles. The maximum Gasteiger partial charge on any atom is 0.238 e. The number of aliphatic hydroxyl groups is 1. The largest absolute Gasteiger partial charge is 0.395 e. The summed E-state index contributed by atoms with van der Waals surface area (Å²) in [6, 6.07) is 6.95. The quantitative estimate of drug-likeness (QED) is 0.848. The summed E-state index contributed by atoms with van der Waals surface area (Å²) in [6.07, 6.45) is 3.18. The van der Waals surface area contributed by atoms with Crippen LogP contribution in [-0.2, 0) is 16.4 Å². The molecule has 1 aromatic rings. The summed E-state index contributed by atoms with van der Waals surface area (Å²) >= 11 is 0. The third kappa shape index (κ3) is 4.26. The lowest BCUT2D eigenvalue weighted by atomic mass is 9.91. The van der Waals surface area contributed by atoms with Crippen molar-refractivity contribution < 1.29 is 13.5 Å². The van der Waals surface area contributed by atoms with E-state index in [1.54, 1.807) is 24.3 Å². The molecule has 0 spiro atoms. The number of hydrogen-bond acceptors (Lipinski definition) is 4. The number of nitrogens with zero attached hydrogens (tertiary/aromatic N) is 1. The third-order valence-corrected chi connectivity index (χ3v) is 5.29. The molecule has 1 aliphatic rings. The van der Waals surface area contributed by atoms with E-state index in [1.807, 2.05) is 0 Å². The van der Waals surface area contributed by atoms with Gasteiger partial charge in [-0.05, 0) is 49.4 Å². The van der Waals surface area contributed by atoms with Crippen LogP contribution in [0, 0.1) is 5.92 Å². The molecule has 2 rings (SSSR count). The molecule has 1 heterocycles. The lowest BCUT2D eigenvalue weighted by Gasteiger charge is -2.39. The zero-order chi connectivity index (χ0) is 15.5. The summed E-state index contributed by atoms with van der Waals surface area (Å²) in [5, 5.41) is 14.6. The Labute approximate surface area is 126 Å². The highest BCUT2D eigenvalue weighted by Crippen LogP contribution is 2.23. The maximum absolute atomic E-state index is 11.2. The van der Waals surface area contributed by atoms with Crippen molar-refractivity contribution in [2.75, 3.05) is 19.7 Å². The van der Waals surface area contributed by atoms with E-state index in [9.17, 15) is 13.5 Å². The van der Waals surface area contributed by atoms with Gasteiger partial charge in [0, 0.05) is 12.6 Å². The normalized spacial score (nSPS) is 24.1. The Balaban J connectivity index is 1.96. The van der Waals surface area contributed by atoms with E-state index in [0.717, 1.165) is 25.1 Å². The van der Waals surface area contributed by atoms with Crippen molar-refractivity contribution in [3.63, 3.8) is 0 Å². The minimum Gasteiger partial charge on any atom is -0.395 e. The van der Waals surface area contributed by atoms with Gasteiger partial charge in [0.25, 0.3) is 0 Å². The number of piperidine rings is 1. The van der Waals surface area contributed by atoms with Crippen molar-refractivity contribution in [2.45, 2.75) is 37.1 Å². The fourth-order valence-electron chi connectivity index (χ4n) is 3.03. The Bertz CT molecular complexity index is 557. The summed E-state index contributed by atoms with van der Waals surface area (Å²) < 4.78 is 22.4. The van der Waals surface area contributed by atoms with E-state index < -0.39 is 10.0 Å². The number of hydrogen-bond donors (Lipinski definition) is 2. The molecule has 0 amide bonds. The zero-order valence-corrected chi connectivity index (χ0v) is 13.2. The van der Waals surface area contributed by atoms with E-state index in [0.29, 0.717) is 5.92 Å². The van der Waals surface area contributed by atoms with E-state index in [2.05, 4.69) is 11.8 Å².